The smallest absolute Gasteiger partial charge is 0.247 e. The molecule has 5 rings (SSSR count). The minimum atomic E-state index is -0.574. The number of rotatable bonds is 8. The predicted octanol–water partition coefficient (Wildman–Crippen LogP) is 4.19. The number of hydrogen-bond acceptors (Lipinski definition) is 6. The Morgan fingerprint density at radius 3 is 2.78 bits per heavy atom. The Kier molecular flexibility index (Phi) is 5.76. The van der Waals surface area contributed by atoms with Crippen molar-refractivity contribution in [1.29, 1.82) is 0 Å². The summed E-state index contributed by atoms with van der Waals surface area (Å²) in [5.41, 5.74) is 3.00. The van der Waals surface area contributed by atoms with Crippen molar-refractivity contribution in [1.82, 2.24) is 15.1 Å². The number of benzene rings is 2. The van der Waals surface area contributed by atoms with Gasteiger partial charge in [-0.15, -0.1) is 0 Å². The molecule has 0 saturated carbocycles. The lowest BCUT2D eigenvalue weighted by atomic mass is 10.1. The SMILES string of the molecule is O=C(NCc1ccc2c(c1)OCO2)C(Nc1ccn(Cc2ccsc2)n1)c1ccccc1. The number of carbonyl (C=O) groups is 1. The Labute approximate surface area is 189 Å². The van der Waals surface area contributed by atoms with E-state index in [1.165, 1.54) is 5.56 Å². The number of nitrogens with one attached hydrogen (secondary N) is 2. The molecule has 4 aromatic rings. The first-order valence-electron chi connectivity index (χ1n) is 10.3. The fourth-order valence-corrected chi connectivity index (χ4v) is 4.19. The molecule has 0 aliphatic carbocycles. The van der Waals surface area contributed by atoms with Gasteiger partial charge in [0.2, 0.25) is 12.7 Å². The van der Waals surface area contributed by atoms with Gasteiger partial charge in [0.15, 0.2) is 11.5 Å². The summed E-state index contributed by atoms with van der Waals surface area (Å²) < 4.78 is 12.6. The Morgan fingerprint density at radius 2 is 1.94 bits per heavy atom. The Morgan fingerprint density at radius 1 is 1.06 bits per heavy atom. The zero-order valence-corrected chi connectivity index (χ0v) is 18.0. The van der Waals surface area contributed by atoms with Crippen molar-refractivity contribution in [3.63, 3.8) is 0 Å². The summed E-state index contributed by atoms with van der Waals surface area (Å²) in [6, 6.07) is 18.7. The summed E-state index contributed by atoms with van der Waals surface area (Å²) in [5, 5.41) is 15.1. The zero-order valence-electron chi connectivity index (χ0n) is 17.2. The molecule has 1 atom stereocenters. The molecular formula is C24H22N4O3S. The van der Waals surface area contributed by atoms with Gasteiger partial charge >= 0.3 is 0 Å². The van der Waals surface area contributed by atoms with Crippen LogP contribution in [0.2, 0.25) is 0 Å². The molecule has 7 nitrogen and oxygen atoms in total. The molecule has 8 heteroatoms. The zero-order chi connectivity index (χ0) is 21.8. The molecule has 2 N–H and O–H groups in total. The summed E-state index contributed by atoms with van der Waals surface area (Å²) >= 11 is 1.66. The average molecular weight is 447 g/mol. The third-order valence-corrected chi connectivity index (χ3v) is 5.89. The highest BCUT2D eigenvalue weighted by Gasteiger charge is 2.22. The molecule has 1 amide bonds. The molecule has 1 aliphatic heterocycles. The standard InChI is InChI=1S/C24H22N4O3S/c29-24(25-13-17-6-7-20-21(12-17)31-16-30-20)23(19-4-2-1-3-5-19)26-22-8-10-28(27-22)14-18-9-11-32-15-18/h1-12,15,23H,13-14,16H2,(H,25,29)(H,26,27). The molecule has 3 heterocycles. The highest BCUT2D eigenvalue weighted by Crippen LogP contribution is 2.32. The van der Waals surface area contributed by atoms with E-state index >= 15 is 0 Å². The van der Waals surface area contributed by atoms with Crippen molar-refractivity contribution in [2.45, 2.75) is 19.1 Å². The van der Waals surface area contributed by atoms with Gasteiger partial charge in [-0.05, 0) is 45.6 Å². The molecule has 1 aliphatic rings. The van der Waals surface area contributed by atoms with Crippen molar-refractivity contribution in [3.05, 3.63) is 94.3 Å². The van der Waals surface area contributed by atoms with Gasteiger partial charge in [-0.2, -0.15) is 16.4 Å². The van der Waals surface area contributed by atoms with E-state index in [0.717, 1.165) is 16.9 Å². The van der Waals surface area contributed by atoms with Crippen LogP contribution < -0.4 is 20.1 Å². The fourth-order valence-electron chi connectivity index (χ4n) is 3.53. The van der Waals surface area contributed by atoms with Gasteiger partial charge in [0, 0.05) is 18.8 Å². The summed E-state index contributed by atoms with van der Waals surface area (Å²) in [6.07, 6.45) is 1.91. The van der Waals surface area contributed by atoms with Crippen LogP contribution in [0.15, 0.2) is 77.6 Å². The molecule has 2 aromatic carbocycles. The quantitative estimate of drug-likeness (QED) is 0.424. The van der Waals surface area contributed by atoms with Crippen molar-refractivity contribution in [3.8, 4) is 11.5 Å². The molecule has 1 unspecified atom stereocenters. The summed E-state index contributed by atoms with van der Waals surface area (Å²) in [5.74, 6) is 1.93. The van der Waals surface area contributed by atoms with E-state index in [9.17, 15) is 4.79 Å². The van der Waals surface area contributed by atoms with Crippen molar-refractivity contribution >= 4 is 23.1 Å². The van der Waals surface area contributed by atoms with Crippen LogP contribution in [0.25, 0.3) is 0 Å². The Hall–Kier alpha value is -3.78. The lowest BCUT2D eigenvalue weighted by Crippen LogP contribution is -2.33. The van der Waals surface area contributed by atoms with E-state index < -0.39 is 6.04 Å². The van der Waals surface area contributed by atoms with Gasteiger partial charge in [0.25, 0.3) is 0 Å². The van der Waals surface area contributed by atoms with Gasteiger partial charge in [-0.25, -0.2) is 0 Å². The van der Waals surface area contributed by atoms with Crippen LogP contribution in [-0.4, -0.2) is 22.5 Å². The number of carbonyl (C=O) groups excluding carboxylic acids is 1. The topological polar surface area (TPSA) is 77.4 Å². The van der Waals surface area contributed by atoms with Crippen molar-refractivity contribution in [2.24, 2.45) is 0 Å². The summed E-state index contributed by atoms with van der Waals surface area (Å²) in [7, 11) is 0. The predicted molar refractivity (Wildman–Crippen MR) is 123 cm³/mol. The van der Waals surface area contributed by atoms with E-state index in [0.29, 0.717) is 24.7 Å². The van der Waals surface area contributed by atoms with Crippen LogP contribution in [0.3, 0.4) is 0 Å². The number of aromatic nitrogens is 2. The summed E-state index contributed by atoms with van der Waals surface area (Å²) in [6.45, 7) is 1.30. The number of hydrogen-bond donors (Lipinski definition) is 2. The number of amides is 1. The number of thiophene rings is 1. The van der Waals surface area contributed by atoms with Crippen LogP contribution >= 0.6 is 11.3 Å². The van der Waals surface area contributed by atoms with Gasteiger partial charge in [-0.1, -0.05) is 36.4 Å². The Balaban J connectivity index is 1.29. The van der Waals surface area contributed by atoms with Crippen molar-refractivity contribution < 1.29 is 14.3 Å². The monoisotopic (exact) mass is 446 g/mol. The average Bonchev–Trinajstić information content (AvgIpc) is 3.59. The molecule has 0 saturated heterocycles. The van der Waals surface area contributed by atoms with Gasteiger partial charge in [0.05, 0.1) is 6.54 Å². The third kappa shape index (κ3) is 4.60. The molecule has 0 spiro atoms. The molecule has 0 radical (unpaired) electrons. The van der Waals surface area contributed by atoms with Gasteiger partial charge in [-0.3, -0.25) is 9.48 Å². The highest BCUT2D eigenvalue weighted by atomic mass is 32.1. The molecule has 32 heavy (non-hydrogen) atoms. The number of fused-ring (bicyclic) bond motifs is 1. The van der Waals surface area contributed by atoms with Crippen LogP contribution in [0, 0.1) is 0 Å². The van der Waals surface area contributed by atoms with E-state index in [1.54, 1.807) is 11.3 Å². The maximum atomic E-state index is 13.2. The highest BCUT2D eigenvalue weighted by molar-refractivity contribution is 7.07. The minimum absolute atomic E-state index is 0.138. The lowest BCUT2D eigenvalue weighted by Gasteiger charge is -2.19. The Bertz CT molecular complexity index is 1190. The second-order valence-corrected chi connectivity index (χ2v) is 8.20. The number of nitrogens with zero attached hydrogens (tertiary/aromatic N) is 2. The third-order valence-electron chi connectivity index (χ3n) is 5.16. The maximum absolute atomic E-state index is 13.2. The van der Waals surface area contributed by atoms with Crippen LogP contribution in [-0.2, 0) is 17.9 Å². The fraction of sp³-hybridized carbons (Fsp3) is 0.167. The number of anilines is 1. The van der Waals surface area contributed by atoms with Gasteiger partial charge in [0.1, 0.15) is 11.9 Å². The molecule has 162 valence electrons. The molecule has 0 fully saturated rings. The largest absolute Gasteiger partial charge is 0.454 e. The van der Waals surface area contributed by atoms with Crippen LogP contribution in [0.1, 0.15) is 22.7 Å². The normalized spacial score (nSPS) is 13.0. The van der Waals surface area contributed by atoms with E-state index in [-0.39, 0.29) is 12.7 Å². The lowest BCUT2D eigenvalue weighted by molar-refractivity contribution is -0.122. The molecule has 0 bridgehead atoms. The van der Waals surface area contributed by atoms with Gasteiger partial charge < -0.3 is 20.1 Å². The first-order chi connectivity index (χ1) is 15.7. The molecular weight excluding hydrogens is 424 g/mol. The first-order valence-corrected chi connectivity index (χ1v) is 11.2. The first kappa shape index (κ1) is 20.1. The minimum Gasteiger partial charge on any atom is -0.454 e. The van der Waals surface area contributed by atoms with Crippen LogP contribution in [0.5, 0.6) is 11.5 Å². The second-order valence-electron chi connectivity index (χ2n) is 7.42. The second kappa shape index (κ2) is 9.15. The van der Waals surface area contributed by atoms with E-state index in [2.05, 4.69) is 27.2 Å². The van der Waals surface area contributed by atoms with E-state index in [1.807, 2.05) is 70.9 Å². The maximum Gasteiger partial charge on any atom is 0.247 e. The number of ether oxygens (including phenoxy) is 2. The summed E-state index contributed by atoms with van der Waals surface area (Å²) in [4.78, 5) is 13.2. The van der Waals surface area contributed by atoms with Crippen molar-refractivity contribution in [2.75, 3.05) is 12.1 Å². The van der Waals surface area contributed by atoms with E-state index in [4.69, 9.17) is 9.47 Å². The molecule has 2 aromatic heterocycles. The van der Waals surface area contributed by atoms with Crippen LogP contribution in [0.4, 0.5) is 5.82 Å².